The summed E-state index contributed by atoms with van der Waals surface area (Å²) in [5, 5.41) is 0. The topological polar surface area (TPSA) is 6.48 Å². The lowest BCUT2D eigenvalue weighted by Gasteiger charge is -2.26. The summed E-state index contributed by atoms with van der Waals surface area (Å²) in [6.07, 6.45) is 1.12. The first-order valence-corrected chi connectivity index (χ1v) is 8.46. The summed E-state index contributed by atoms with van der Waals surface area (Å²) in [4.78, 5) is 4.83. The highest BCUT2D eigenvalue weighted by Crippen LogP contribution is 2.10. The van der Waals surface area contributed by atoms with E-state index in [4.69, 9.17) is 0 Å². The molecule has 1 aromatic carbocycles. The number of hydrogen-bond donors (Lipinski definition) is 0. The summed E-state index contributed by atoms with van der Waals surface area (Å²) >= 11 is 0. The highest BCUT2D eigenvalue weighted by Gasteiger charge is 2.09. The van der Waals surface area contributed by atoms with E-state index in [0.717, 1.165) is 32.0 Å². The fourth-order valence-electron chi connectivity index (χ4n) is 2.30. The van der Waals surface area contributed by atoms with Crippen LogP contribution in [0, 0.1) is 5.92 Å². The summed E-state index contributed by atoms with van der Waals surface area (Å²) in [5.74, 6) is 0.719. The smallest absolute Gasteiger partial charge is 0.0234 e. The molecule has 0 radical (unpaired) electrons. The third-order valence-corrected chi connectivity index (χ3v) is 3.29. The zero-order valence-electron chi connectivity index (χ0n) is 15.3. The molecule has 0 amide bonds. The Kier molecular flexibility index (Phi) is 11.3. The Morgan fingerprint density at radius 3 is 2.14 bits per heavy atom. The molecule has 1 aromatic rings. The first-order valence-electron chi connectivity index (χ1n) is 8.46. The quantitative estimate of drug-likeness (QED) is 0.705. The summed E-state index contributed by atoms with van der Waals surface area (Å²) in [5.41, 5.74) is 2.88. The summed E-state index contributed by atoms with van der Waals surface area (Å²) in [6, 6.07) is 9.01. The molecule has 122 valence electrons. The molecule has 0 saturated heterocycles. The van der Waals surface area contributed by atoms with Gasteiger partial charge in [0.1, 0.15) is 0 Å². The summed E-state index contributed by atoms with van der Waals surface area (Å²) in [7, 11) is 4.29. The molecule has 0 fully saturated rings. The Balaban J connectivity index is 0.00000191. The van der Waals surface area contributed by atoms with Crippen molar-refractivity contribution in [2.45, 2.75) is 47.6 Å². The van der Waals surface area contributed by atoms with Crippen LogP contribution in [-0.2, 0) is 13.0 Å². The van der Waals surface area contributed by atoms with E-state index >= 15 is 0 Å². The van der Waals surface area contributed by atoms with Crippen molar-refractivity contribution < 1.29 is 0 Å². The highest BCUT2D eigenvalue weighted by molar-refractivity contribution is 5.23. The predicted molar refractivity (Wildman–Crippen MR) is 95.8 cm³/mol. The average molecular weight is 293 g/mol. The second-order valence-corrected chi connectivity index (χ2v) is 6.11. The van der Waals surface area contributed by atoms with Gasteiger partial charge in [0.2, 0.25) is 0 Å². The average Bonchev–Trinajstić information content (AvgIpc) is 2.46. The first-order chi connectivity index (χ1) is 10.0. The SMILES string of the molecule is CC.CCc1cccc(CN(CCN(C)C)CC(C)C)c1. The molecule has 1 rings (SSSR count). The van der Waals surface area contributed by atoms with Crippen LogP contribution >= 0.6 is 0 Å². The van der Waals surface area contributed by atoms with Gasteiger partial charge in [0.25, 0.3) is 0 Å². The molecule has 2 nitrogen and oxygen atoms in total. The minimum atomic E-state index is 0.719. The van der Waals surface area contributed by atoms with Crippen molar-refractivity contribution in [1.29, 1.82) is 0 Å². The van der Waals surface area contributed by atoms with E-state index in [-0.39, 0.29) is 0 Å². The molecule has 0 aliphatic heterocycles. The van der Waals surface area contributed by atoms with Crippen molar-refractivity contribution in [1.82, 2.24) is 9.80 Å². The monoisotopic (exact) mass is 292 g/mol. The van der Waals surface area contributed by atoms with Gasteiger partial charge in [-0.15, -0.1) is 0 Å². The summed E-state index contributed by atoms with van der Waals surface area (Å²) in [6.45, 7) is 15.3. The number of likely N-dealkylation sites (N-methyl/N-ethyl adjacent to an activating group) is 1. The van der Waals surface area contributed by atoms with Crippen LogP contribution in [0.5, 0.6) is 0 Å². The van der Waals surface area contributed by atoms with Crippen LogP contribution in [-0.4, -0.2) is 43.5 Å². The van der Waals surface area contributed by atoms with E-state index in [1.807, 2.05) is 13.8 Å². The van der Waals surface area contributed by atoms with E-state index in [0.29, 0.717) is 0 Å². The number of benzene rings is 1. The van der Waals surface area contributed by atoms with E-state index in [1.165, 1.54) is 17.7 Å². The second kappa shape index (κ2) is 11.8. The molecule has 0 spiro atoms. The van der Waals surface area contributed by atoms with Gasteiger partial charge < -0.3 is 4.90 Å². The normalized spacial score (nSPS) is 11.0. The number of rotatable bonds is 8. The molecule has 0 aliphatic rings. The van der Waals surface area contributed by atoms with Gasteiger partial charge in [-0.05, 0) is 37.6 Å². The van der Waals surface area contributed by atoms with Crippen LogP contribution in [0.25, 0.3) is 0 Å². The molecule has 2 heteroatoms. The Morgan fingerprint density at radius 2 is 1.62 bits per heavy atom. The van der Waals surface area contributed by atoms with E-state index < -0.39 is 0 Å². The molecule has 0 unspecified atom stereocenters. The van der Waals surface area contributed by atoms with Crippen LogP contribution in [0.2, 0.25) is 0 Å². The maximum atomic E-state index is 2.57. The zero-order chi connectivity index (χ0) is 16.3. The third-order valence-electron chi connectivity index (χ3n) is 3.29. The highest BCUT2D eigenvalue weighted by atomic mass is 15.2. The maximum absolute atomic E-state index is 2.57. The van der Waals surface area contributed by atoms with Crippen molar-refractivity contribution in [2.24, 2.45) is 5.92 Å². The van der Waals surface area contributed by atoms with Crippen molar-refractivity contribution in [2.75, 3.05) is 33.7 Å². The molecule has 0 atom stereocenters. The van der Waals surface area contributed by atoms with Crippen LogP contribution < -0.4 is 0 Å². The number of nitrogens with zero attached hydrogens (tertiary/aromatic N) is 2. The maximum Gasteiger partial charge on any atom is 0.0234 e. The van der Waals surface area contributed by atoms with Crippen LogP contribution in [0.15, 0.2) is 24.3 Å². The van der Waals surface area contributed by atoms with Crippen LogP contribution in [0.3, 0.4) is 0 Å². The van der Waals surface area contributed by atoms with E-state index in [9.17, 15) is 0 Å². The van der Waals surface area contributed by atoms with Gasteiger partial charge in [-0.1, -0.05) is 58.9 Å². The van der Waals surface area contributed by atoms with Gasteiger partial charge in [-0.25, -0.2) is 0 Å². The van der Waals surface area contributed by atoms with Gasteiger partial charge in [0.15, 0.2) is 0 Å². The zero-order valence-corrected chi connectivity index (χ0v) is 15.3. The molecule has 21 heavy (non-hydrogen) atoms. The molecule has 0 N–H and O–H groups in total. The molecular weight excluding hydrogens is 256 g/mol. The minimum absolute atomic E-state index is 0.719. The molecule has 0 aliphatic carbocycles. The molecule has 0 saturated carbocycles. The lowest BCUT2D eigenvalue weighted by Crippen LogP contribution is -2.34. The molecule has 0 aromatic heterocycles. The van der Waals surface area contributed by atoms with E-state index in [1.54, 1.807) is 0 Å². The van der Waals surface area contributed by atoms with Gasteiger partial charge in [0, 0.05) is 26.2 Å². The molecule has 0 heterocycles. The minimum Gasteiger partial charge on any atom is -0.308 e. The standard InChI is InChI=1S/C17H30N2.C2H6/c1-6-16-8-7-9-17(12-16)14-19(13-15(2)3)11-10-18(4)5;1-2/h7-9,12,15H,6,10-11,13-14H2,1-5H3;1-2H3. The fraction of sp³-hybridized carbons (Fsp3) is 0.684. The predicted octanol–water partition coefficient (Wildman–Crippen LogP) is 4.29. The van der Waals surface area contributed by atoms with Gasteiger partial charge in [-0.2, -0.15) is 0 Å². The van der Waals surface area contributed by atoms with Crippen molar-refractivity contribution in [3.05, 3.63) is 35.4 Å². The van der Waals surface area contributed by atoms with E-state index in [2.05, 4.69) is 68.9 Å². The number of hydrogen-bond acceptors (Lipinski definition) is 2. The summed E-state index contributed by atoms with van der Waals surface area (Å²) < 4.78 is 0. The van der Waals surface area contributed by atoms with Crippen molar-refractivity contribution in [3.63, 3.8) is 0 Å². The second-order valence-electron chi connectivity index (χ2n) is 6.11. The van der Waals surface area contributed by atoms with Gasteiger partial charge in [0.05, 0.1) is 0 Å². The Bertz CT molecular complexity index is 358. The third kappa shape index (κ3) is 9.65. The Morgan fingerprint density at radius 1 is 1.00 bits per heavy atom. The van der Waals surface area contributed by atoms with Crippen LogP contribution in [0.4, 0.5) is 0 Å². The van der Waals surface area contributed by atoms with Gasteiger partial charge in [-0.3, -0.25) is 4.90 Å². The lowest BCUT2D eigenvalue weighted by molar-refractivity contribution is 0.211. The van der Waals surface area contributed by atoms with Gasteiger partial charge >= 0.3 is 0 Å². The lowest BCUT2D eigenvalue weighted by atomic mass is 10.1. The van der Waals surface area contributed by atoms with Crippen molar-refractivity contribution in [3.8, 4) is 0 Å². The van der Waals surface area contributed by atoms with Crippen LogP contribution in [0.1, 0.15) is 45.7 Å². The Hall–Kier alpha value is -0.860. The molecule has 0 bridgehead atoms. The number of aryl methyl sites for hydroxylation is 1. The Labute approximate surface area is 133 Å². The van der Waals surface area contributed by atoms with Crippen molar-refractivity contribution >= 4 is 0 Å². The first kappa shape index (κ1) is 20.1. The largest absolute Gasteiger partial charge is 0.308 e. The fourth-order valence-corrected chi connectivity index (χ4v) is 2.30. The molecular formula is C19H36N2.